The highest BCUT2D eigenvalue weighted by Gasteiger charge is 2.04. The molecular formula is C10H11N7. The van der Waals surface area contributed by atoms with Crippen LogP contribution in [0.15, 0.2) is 24.3 Å². The zero-order valence-corrected chi connectivity index (χ0v) is 9.49. The van der Waals surface area contributed by atoms with Gasteiger partial charge >= 0.3 is 0 Å². The van der Waals surface area contributed by atoms with E-state index in [-0.39, 0.29) is 0 Å². The Morgan fingerprint density at radius 1 is 1.06 bits per heavy atom. The molecule has 7 heteroatoms. The molecule has 3 aromatic rings. The third kappa shape index (κ3) is 1.61. The molecule has 0 aliphatic rings. The highest BCUT2D eigenvalue weighted by molar-refractivity contribution is 5.42. The van der Waals surface area contributed by atoms with E-state index in [9.17, 15) is 0 Å². The number of tetrazole rings is 1. The fourth-order valence-electron chi connectivity index (χ4n) is 1.67. The predicted octanol–water partition coefficient (Wildman–Crippen LogP) is 0.813. The molecule has 1 N–H and O–H groups in total. The molecule has 0 atom stereocenters. The summed E-state index contributed by atoms with van der Waals surface area (Å²) >= 11 is 0. The lowest BCUT2D eigenvalue weighted by molar-refractivity contribution is 0.727. The quantitative estimate of drug-likeness (QED) is 0.704. The number of nitrogens with one attached hydrogen (secondary N) is 1. The standard InChI is InChI=1S/C10H11N7/c1-7-3-4-8(2)16(7)12-9-5-6-10-11-14-15-17(10)13-9/h3-6H,1-2H3,(H,12,13). The van der Waals surface area contributed by atoms with Crippen LogP contribution in [0.4, 0.5) is 5.82 Å². The predicted molar refractivity (Wildman–Crippen MR) is 61.5 cm³/mol. The van der Waals surface area contributed by atoms with E-state index in [1.807, 2.05) is 42.8 Å². The molecule has 0 spiro atoms. The first kappa shape index (κ1) is 9.76. The Morgan fingerprint density at radius 2 is 1.82 bits per heavy atom. The minimum absolute atomic E-state index is 0.622. The minimum atomic E-state index is 0.622. The highest BCUT2D eigenvalue weighted by Crippen LogP contribution is 2.09. The van der Waals surface area contributed by atoms with Gasteiger partial charge < -0.3 is 0 Å². The summed E-state index contributed by atoms with van der Waals surface area (Å²) in [4.78, 5) is 0. The number of aryl methyl sites for hydroxylation is 2. The summed E-state index contributed by atoms with van der Waals surface area (Å²) in [6.45, 7) is 4.05. The van der Waals surface area contributed by atoms with Crippen molar-refractivity contribution in [2.24, 2.45) is 0 Å². The fraction of sp³-hybridized carbons (Fsp3) is 0.200. The average molecular weight is 229 g/mol. The molecular weight excluding hydrogens is 218 g/mol. The molecule has 3 heterocycles. The Labute approximate surface area is 97.0 Å². The number of aromatic nitrogens is 6. The number of rotatable bonds is 2. The van der Waals surface area contributed by atoms with Gasteiger partial charge in [0.1, 0.15) is 0 Å². The van der Waals surface area contributed by atoms with Gasteiger partial charge in [0.25, 0.3) is 0 Å². The van der Waals surface area contributed by atoms with E-state index < -0.39 is 0 Å². The largest absolute Gasteiger partial charge is 0.276 e. The van der Waals surface area contributed by atoms with Gasteiger partial charge in [0.05, 0.1) is 0 Å². The smallest absolute Gasteiger partial charge is 0.200 e. The summed E-state index contributed by atoms with van der Waals surface area (Å²) in [7, 11) is 0. The monoisotopic (exact) mass is 229 g/mol. The van der Waals surface area contributed by atoms with Crippen molar-refractivity contribution < 1.29 is 0 Å². The zero-order chi connectivity index (χ0) is 11.8. The minimum Gasteiger partial charge on any atom is -0.276 e. The Bertz CT molecular complexity index is 647. The first-order valence-electron chi connectivity index (χ1n) is 5.21. The summed E-state index contributed by atoms with van der Waals surface area (Å²) < 4.78 is 3.34. The van der Waals surface area contributed by atoms with Gasteiger partial charge in [-0.25, -0.2) is 0 Å². The van der Waals surface area contributed by atoms with Crippen molar-refractivity contribution >= 4 is 11.5 Å². The van der Waals surface area contributed by atoms with E-state index in [1.54, 1.807) is 0 Å². The molecule has 7 nitrogen and oxygen atoms in total. The van der Waals surface area contributed by atoms with Gasteiger partial charge in [-0.1, -0.05) is 0 Å². The van der Waals surface area contributed by atoms with Crippen LogP contribution in [0.1, 0.15) is 11.4 Å². The second-order valence-corrected chi connectivity index (χ2v) is 3.81. The van der Waals surface area contributed by atoms with Gasteiger partial charge in [0, 0.05) is 11.4 Å². The van der Waals surface area contributed by atoms with Gasteiger partial charge in [0.15, 0.2) is 11.5 Å². The first-order valence-corrected chi connectivity index (χ1v) is 5.21. The Balaban J connectivity index is 1.99. The van der Waals surface area contributed by atoms with Crippen LogP contribution in [-0.4, -0.2) is 29.9 Å². The highest BCUT2D eigenvalue weighted by atomic mass is 15.6. The first-order chi connectivity index (χ1) is 8.24. The van der Waals surface area contributed by atoms with Crippen LogP contribution in [0.25, 0.3) is 5.65 Å². The second kappa shape index (κ2) is 3.55. The van der Waals surface area contributed by atoms with Gasteiger partial charge in [0.2, 0.25) is 0 Å². The number of hydrogen-bond acceptors (Lipinski definition) is 5. The van der Waals surface area contributed by atoms with Crippen molar-refractivity contribution in [1.29, 1.82) is 0 Å². The van der Waals surface area contributed by atoms with Gasteiger partial charge in [-0.05, 0) is 48.5 Å². The lowest BCUT2D eigenvalue weighted by Crippen LogP contribution is -2.14. The van der Waals surface area contributed by atoms with Gasteiger partial charge in [-0.15, -0.1) is 14.8 Å². The second-order valence-electron chi connectivity index (χ2n) is 3.81. The Hall–Kier alpha value is -2.44. The van der Waals surface area contributed by atoms with Crippen LogP contribution < -0.4 is 5.43 Å². The van der Waals surface area contributed by atoms with E-state index in [2.05, 4.69) is 26.0 Å². The van der Waals surface area contributed by atoms with Crippen LogP contribution in [-0.2, 0) is 0 Å². The maximum absolute atomic E-state index is 4.24. The van der Waals surface area contributed by atoms with Crippen LogP contribution >= 0.6 is 0 Å². The third-order valence-corrected chi connectivity index (χ3v) is 2.57. The molecule has 0 radical (unpaired) electrons. The van der Waals surface area contributed by atoms with Gasteiger partial charge in [-0.2, -0.15) is 0 Å². The summed E-state index contributed by atoms with van der Waals surface area (Å²) in [5, 5.41) is 15.3. The molecule has 86 valence electrons. The summed E-state index contributed by atoms with van der Waals surface area (Å²) in [5.41, 5.74) is 6.04. The summed E-state index contributed by atoms with van der Waals surface area (Å²) in [6.07, 6.45) is 0. The van der Waals surface area contributed by atoms with Crippen LogP contribution in [0.3, 0.4) is 0 Å². The van der Waals surface area contributed by atoms with Crippen LogP contribution in [0.2, 0.25) is 0 Å². The van der Waals surface area contributed by atoms with Crippen molar-refractivity contribution in [3.05, 3.63) is 35.7 Å². The average Bonchev–Trinajstić information content (AvgIpc) is 2.90. The third-order valence-electron chi connectivity index (χ3n) is 2.57. The molecule has 0 aliphatic heterocycles. The number of anilines is 1. The van der Waals surface area contributed by atoms with E-state index in [0.717, 1.165) is 11.4 Å². The van der Waals surface area contributed by atoms with E-state index in [4.69, 9.17) is 0 Å². The van der Waals surface area contributed by atoms with Crippen molar-refractivity contribution in [1.82, 2.24) is 29.9 Å². The number of nitrogens with zero attached hydrogens (tertiary/aromatic N) is 6. The van der Waals surface area contributed by atoms with E-state index >= 15 is 0 Å². The molecule has 0 fully saturated rings. The van der Waals surface area contributed by atoms with Crippen LogP contribution in [0.5, 0.6) is 0 Å². The molecule has 3 aromatic heterocycles. The van der Waals surface area contributed by atoms with E-state index in [1.165, 1.54) is 4.63 Å². The summed E-state index contributed by atoms with van der Waals surface area (Å²) in [6, 6.07) is 7.73. The SMILES string of the molecule is Cc1ccc(C)n1Nc1ccc2nnnn2n1. The van der Waals surface area contributed by atoms with Crippen LogP contribution in [0, 0.1) is 13.8 Å². The molecule has 0 bridgehead atoms. The molecule has 0 aromatic carbocycles. The Morgan fingerprint density at radius 3 is 2.59 bits per heavy atom. The summed E-state index contributed by atoms with van der Waals surface area (Å²) in [5.74, 6) is 0.687. The van der Waals surface area contributed by atoms with Crippen molar-refractivity contribution in [3.63, 3.8) is 0 Å². The Kier molecular flexibility index (Phi) is 2.04. The van der Waals surface area contributed by atoms with Crippen molar-refractivity contribution in [2.45, 2.75) is 13.8 Å². The van der Waals surface area contributed by atoms with Crippen molar-refractivity contribution in [3.8, 4) is 0 Å². The topological polar surface area (TPSA) is 72.9 Å². The maximum atomic E-state index is 4.24. The number of hydrogen-bond donors (Lipinski definition) is 1. The van der Waals surface area contributed by atoms with Crippen molar-refractivity contribution in [2.75, 3.05) is 5.43 Å². The zero-order valence-electron chi connectivity index (χ0n) is 9.49. The fourth-order valence-corrected chi connectivity index (χ4v) is 1.67. The van der Waals surface area contributed by atoms with E-state index in [0.29, 0.717) is 11.5 Å². The normalized spacial score (nSPS) is 10.9. The molecule has 0 unspecified atom stereocenters. The molecule has 3 rings (SSSR count). The lowest BCUT2D eigenvalue weighted by atomic mass is 10.5. The molecule has 0 aliphatic carbocycles. The number of fused-ring (bicyclic) bond motifs is 1. The molecule has 0 amide bonds. The lowest BCUT2D eigenvalue weighted by Gasteiger charge is -2.11. The molecule has 0 saturated heterocycles. The molecule has 0 saturated carbocycles. The molecule has 17 heavy (non-hydrogen) atoms. The van der Waals surface area contributed by atoms with Gasteiger partial charge in [-0.3, -0.25) is 10.1 Å². The maximum Gasteiger partial charge on any atom is 0.200 e.